The molecule has 2 nitrogen and oxygen atoms in total. The molecule has 1 aliphatic rings. The highest BCUT2D eigenvalue weighted by Crippen LogP contribution is 2.25. The van der Waals surface area contributed by atoms with Crippen LogP contribution in [0.15, 0.2) is 24.3 Å². The number of benzene rings is 1. The van der Waals surface area contributed by atoms with Crippen molar-refractivity contribution in [3.05, 3.63) is 29.8 Å². The van der Waals surface area contributed by atoms with E-state index in [0.717, 1.165) is 31.4 Å². The van der Waals surface area contributed by atoms with Crippen molar-refractivity contribution in [3.8, 4) is 5.75 Å². The van der Waals surface area contributed by atoms with Gasteiger partial charge in [-0.1, -0.05) is 32.9 Å². The third kappa shape index (κ3) is 5.23. The first-order chi connectivity index (χ1) is 9.05. The smallest absolute Gasteiger partial charge is 0.119 e. The van der Waals surface area contributed by atoms with Gasteiger partial charge in [0.2, 0.25) is 0 Å². The van der Waals surface area contributed by atoms with E-state index in [9.17, 15) is 0 Å². The van der Waals surface area contributed by atoms with Crippen molar-refractivity contribution in [3.63, 3.8) is 0 Å². The minimum Gasteiger partial charge on any atom is -0.494 e. The Hall–Kier alpha value is -1.02. The molecule has 19 heavy (non-hydrogen) atoms. The van der Waals surface area contributed by atoms with E-state index in [2.05, 4.69) is 50.4 Å². The van der Waals surface area contributed by atoms with Gasteiger partial charge in [0, 0.05) is 6.04 Å². The lowest BCUT2D eigenvalue weighted by Crippen LogP contribution is -2.18. The Bertz CT molecular complexity index is 390. The summed E-state index contributed by atoms with van der Waals surface area (Å²) < 4.78 is 5.84. The second-order valence-corrected chi connectivity index (χ2v) is 6.56. The van der Waals surface area contributed by atoms with Crippen LogP contribution in [0.1, 0.15) is 52.0 Å². The molecule has 1 aliphatic carbocycles. The Morgan fingerprint density at radius 3 is 2.68 bits per heavy atom. The highest BCUT2D eigenvalue weighted by Gasteiger charge is 2.19. The lowest BCUT2D eigenvalue weighted by Gasteiger charge is -2.19. The van der Waals surface area contributed by atoms with Gasteiger partial charge in [0.25, 0.3) is 0 Å². The molecule has 0 spiro atoms. The van der Waals surface area contributed by atoms with Crippen molar-refractivity contribution in [1.29, 1.82) is 0 Å². The van der Waals surface area contributed by atoms with Gasteiger partial charge in [-0.25, -0.2) is 0 Å². The molecule has 0 aromatic heterocycles. The van der Waals surface area contributed by atoms with Crippen LogP contribution in [0.3, 0.4) is 0 Å². The van der Waals surface area contributed by atoms with Crippen LogP contribution in [0.5, 0.6) is 5.75 Å². The predicted molar refractivity (Wildman–Crippen MR) is 80.9 cm³/mol. The van der Waals surface area contributed by atoms with Crippen molar-refractivity contribution in [2.75, 3.05) is 13.2 Å². The Balaban J connectivity index is 1.67. The van der Waals surface area contributed by atoms with Crippen LogP contribution in [-0.4, -0.2) is 19.2 Å². The van der Waals surface area contributed by atoms with Crippen molar-refractivity contribution in [2.45, 2.75) is 57.9 Å². The largest absolute Gasteiger partial charge is 0.494 e. The number of ether oxygens (including phenoxy) is 1. The first-order valence-electron chi connectivity index (χ1n) is 7.52. The fourth-order valence-electron chi connectivity index (χ4n) is 2.06. The minimum atomic E-state index is 0.188. The Labute approximate surface area is 117 Å². The lowest BCUT2D eigenvalue weighted by molar-refractivity contribution is 0.305. The fourth-order valence-corrected chi connectivity index (χ4v) is 2.06. The molecule has 2 heteroatoms. The Morgan fingerprint density at radius 2 is 2.00 bits per heavy atom. The van der Waals surface area contributed by atoms with Crippen molar-refractivity contribution in [1.82, 2.24) is 5.32 Å². The monoisotopic (exact) mass is 261 g/mol. The van der Waals surface area contributed by atoms with Gasteiger partial charge in [-0.15, -0.1) is 0 Å². The van der Waals surface area contributed by atoms with Gasteiger partial charge in [-0.2, -0.15) is 0 Å². The molecule has 0 unspecified atom stereocenters. The number of nitrogens with one attached hydrogen (secondary N) is 1. The number of hydrogen-bond acceptors (Lipinski definition) is 2. The molecule has 0 aliphatic heterocycles. The molecule has 0 atom stereocenters. The van der Waals surface area contributed by atoms with Crippen LogP contribution < -0.4 is 10.1 Å². The zero-order valence-electron chi connectivity index (χ0n) is 12.5. The summed E-state index contributed by atoms with van der Waals surface area (Å²) in [7, 11) is 0. The quantitative estimate of drug-likeness (QED) is 0.752. The molecule has 1 fully saturated rings. The third-order valence-electron chi connectivity index (χ3n) is 3.55. The molecule has 0 saturated heterocycles. The van der Waals surface area contributed by atoms with Crippen LogP contribution in [0.2, 0.25) is 0 Å². The van der Waals surface area contributed by atoms with Crippen LogP contribution in [0, 0.1) is 0 Å². The van der Waals surface area contributed by atoms with Gasteiger partial charge in [-0.05, 0) is 55.3 Å². The maximum absolute atomic E-state index is 5.84. The summed E-state index contributed by atoms with van der Waals surface area (Å²) in [6.07, 6.45) is 5.07. The summed E-state index contributed by atoms with van der Waals surface area (Å²) in [6, 6.07) is 9.31. The van der Waals surface area contributed by atoms with E-state index in [1.165, 1.54) is 24.8 Å². The fraction of sp³-hybridized carbons (Fsp3) is 0.647. The van der Waals surface area contributed by atoms with Crippen LogP contribution in [-0.2, 0) is 5.41 Å². The van der Waals surface area contributed by atoms with Crippen molar-refractivity contribution >= 4 is 0 Å². The molecule has 1 aromatic rings. The molecule has 1 N–H and O–H groups in total. The van der Waals surface area contributed by atoms with E-state index < -0.39 is 0 Å². The highest BCUT2D eigenvalue weighted by molar-refractivity contribution is 5.32. The second-order valence-electron chi connectivity index (χ2n) is 6.56. The Kier molecular flexibility index (Phi) is 4.87. The molecule has 0 amide bonds. The Morgan fingerprint density at radius 1 is 1.21 bits per heavy atom. The maximum Gasteiger partial charge on any atom is 0.119 e. The summed E-state index contributed by atoms with van der Waals surface area (Å²) in [5.74, 6) is 1.00. The average molecular weight is 261 g/mol. The molecule has 0 bridgehead atoms. The van der Waals surface area contributed by atoms with E-state index in [1.54, 1.807) is 0 Å². The molecule has 0 radical (unpaired) electrons. The number of hydrogen-bond donors (Lipinski definition) is 1. The number of rotatable bonds is 7. The van der Waals surface area contributed by atoms with Gasteiger partial charge in [0.05, 0.1) is 6.61 Å². The van der Waals surface area contributed by atoms with Gasteiger partial charge in [-0.3, -0.25) is 0 Å². The van der Waals surface area contributed by atoms with Crippen LogP contribution in [0.25, 0.3) is 0 Å². The summed E-state index contributed by atoms with van der Waals surface area (Å²) >= 11 is 0. The minimum absolute atomic E-state index is 0.188. The maximum atomic E-state index is 5.84. The normalized spacial score (nSPS) is 15.5. The van der Waals surface area contributed by atoms with Gasteiger partial charge >= 0.3 is 0 Å². The first-order valence-corrected chi connectivity index (χ1v) is 7.52. The molecule has 1 aromatic carbocycles. The summed E-state index contributed by atoms with van der Waals surface area (Å²) in [4.78, 5) is 0. The second kappa shape index (κ2) is 6.42. The summed E-state index contributed by atoms with van der Waals surface area (Å²) in [6.45, 7) is 8.65. The SMILES string of the molecule is CC(C)(C)c1cccc(OCCCCNC2CC2)c1. The summed E-state index contributed by atoms with van der Waals surface area (Å²) in [5.41, 5.74) is 1.52. The van der Waals surface area contributed by atoms with Gasteiger partial charge in [0.15, 0.2) is 0 Å². The molecule has 0 heterocycles. The van der Waals surface area contributed by atoms with E-state index >= 15 is 0 Å². The average Bonchev–Trinajstić information content (AvgIpc) is 3.17. The third-order valence-corrected chi connectivity index (χ3v) is 3.55. The van der Waals surface area contributed by atoms with Crippen LogP contribution >= 0.6 is 0 Å². The predicted octanol–water partition coefficient (Wildman–Crippen LogP) is 3.90. The zero-order chi connectivity index (χ0) is 13.7. The van der Waals surface area contributed by atoms with Crippen molar-refractivity contribution in [2.24, 2.45) is 0 Å². The highest BCUT2D eigenvalue weighted by atomic mass is 16.5. The van der Waals surface area contributed by atoms with Gasteiger partial charge in [0.1, 0.15) is 5.75 Å². The molecular weight excluding hydrogens is 234 g/mol. The van der Waals surface area contributed by atoms with Gasteiger partial charge < -0.3 is 10.1 Å². The zero-order valence-corrected chi connectivity index (χ0v) is 12.5. The summed E-state index contributed by atoms with van der Waals surface area (Å²) in [5, 5.41) is 3.53. The standard InChI is InChI=1S/C17H27NO/c1-17(2,3)14-7-6-8-16(13-14)19-12-5-4-11-18-15-9-10-15/h6-8,13,15,18H,4-5,9-12H2,1-3H3. The van der Waals surface area contributed by atoms with E-state index in [4.69, 9.17) is 4.74 Å². The van der Waals surface area contributed by atoms with Crippen LogP contribution in [0.4, 0.5) is 0 Å². The lowest BCUT2D eigenvalue weighted by atomic mass is 9.87. The van der Waals surface area contributed by atoms with Crippen molar-refractivity contribution < 1.29 is 4.74 Å². The van der Waals surface area contributed by atoms with E-state index in [1.807, 2.05) is 0 Å². The molecular formula is C17H27NO. The molecule has 2 rings (SSSR count). The van der Waals surface area contributed by atoms with E-state index in [0.29, 0.717) is 0 Å². The molecule has 1 saturated carbocycles. The molecule has 106 valence electrons. The topological polar surface area (TPSA) is 21.3 Å². The van der Waals surface area contributed by atoms with E-state index in [-0.39, 0.29) is 5.41 Å². The first kappa shape index (κ1) is 14.4. The number of unbranched alkanes of at least 4 members (excludes halogenated alkanes) is 1.